The molecule has 4 fully saturated rings. The van der Waals surface area contributed by atoms with E-state index in [-0.39, 0.29) is 0 Å². The molecule has 3 unspecified atom stereocenters. The van der Waals surface area contributed by atoms with Gasteiger partial charge in [-0.1, -0.05) is 252 Å². The van der Waals surface area contributed by atoms with Gasteiger partial charge in [0.1, 0.15) is 0 Å². The van der Waals surface area contributed by atoms with Crippen molar-refractivity contribution in [3.05, 3.63) is 306 Å². The van der Waals surface area contributed by atoms with Gasteiger partial charge in [0.2, 0.25) is 16.6 Å². The molecule has 0 bridgehead atoms. The molecule has 628 valence electrons. The lowest BCUT2D eigenvalue weighted by molar-refractivity contribution is 0.296. The normalized spacial score (nSPS) is 17.9. The smallest absolute Gasteiger partial charge is 0.319 e. The fourth-order valence-corrected chi connectivity index (χ4v) is 80.9. The van der Waals surface area contributed by atoms with Crippen molar-refractivity contribution in [2.24, 2.45) is 0 Å². The lowest BCUT2D eigenvalue weighted by Crippen LogP contribution is -2.64. The first-order valence-corrected chi connectivity index (χ1v) is 77.0. The van der Waals surface area contributed by atoms with Crippen molar-refractivity contribution in [2.75, 3.05) is 0 Å². The van der Waals surface area contributed by atoms with Gasteiger partial charge in [0.15, 0.2) is 0 Å². The summed E-state index contributed by atoms with van der Waals surface area (Å²) >= 11 is 0. The molecule has 0 aliphatic heterocycles. The van der Waals surface area contributed by atoms with Gasteiger partial charge < -0.3 is 45.3 Å². The molecule has 2 aromatic rings. The van der Waals surface area contributed by atoms with Crippen LogP contribution in [0.5, 0.6) is 0 Å². The molecule has 4 aliphatic carbocycles. The topological polar surface area (TPSA) is 102 Å². The molecule has 0 spiro atoms. The summed E-state index contributed by atoms with van der Waals surface area (Å²) in [6.45, 7) is 106. The summed E-state index contributed by atoms with van der Waals surface area (Å²) in [4.78, 5) is 0. The number of hydrogen-bond donors (Lipinski definition) is 0. The van der Waals surface area contributed by atoms with Gasteiger partial charge in [-0.3, -0.25) is 0 Å². The van der Waals surface area contributed by atoms with Crippen molar-refractivity contribution in [2.45, 2.75) is 229 Å². The van der Waals surface area contributed by atoms with Gasteiger partial charge in [-0.2, -0.15) is 0 Å². The second-order valence-corrected chi connectivity index (χ2v) is 85.7. The maximum atomic E-state index is 7.31. The maximum Gasteiger partial charge on any atom is 0.319 e. The fourth-order valence-electron chi connectivity index (χ4n) is 16.1. The first-order valence-electron chi connectivity index (χ1n) is 41.2. The van der Waals surface area contributed by atoms with Crippen molar-refractivity contribution in [1.82, 2.24) is 0 Å². The molecule has 0 heterocycles. The predicted molar refractivity (Wildman–Crippen MR) is 532 cm³/mol. The molecule has 4 saturated carbocycles. The van der Waals surface area contributed by atoms with Gasteiger partial charge in [0, 0.05) is 22.2 Å². The molecule has 0 amide bonds. The van der Waals surface area contributed by atoms with E-state index in [0.717, 1.165) is 48.9 Å². The Morgan fingerprint density at radius 2 is 0.412 bits per heavy atom. The lowest BCUT2D eigenvalue weighted by atomic mass is 10.0. The Hall–Kier alpha value is -3.95. The van der Waals surface area contributed by atoms with Crippen LogP contribution >= 0.6 is 0 Å². The van der Waals surface area contributed by atoms with Crippen LogP contribution in [0.1, 0.15) is 128 Å². The van der Waals surface area contributed by atoms with Crippen molar-refractivity contribution >= 4 is 137 Å². The van der Waals surface area contributed by atoms with Gasteiger partial charge in [-0.05, 0) is 140 Å². The van der Waals surface area contributed by atoms with E-state index in [1.54, 1.807) is 0 Å². The Morgan fingerprint density at radius 1 is 0.211 bits per heavy atom. The fraction of sp³-hybridized carbons (Fsp3) is 0.409. The third-order valence-electron chi connectivity index (χ3n) is 23.1. The summed E-state index contributed by atoms with van der Waals surface area (Å²) in [5.74, 6) is 0. The van der Waals surface area contributed by atoms with E-state index in [2.05, 4.69) is 247 Å². The Bertz CT molecular complexity index is 3430. The predicted octanol–water partition coefficient (Wildman–Crippen LogP) is 25.0. The van der Waals surface area contributed by atoms with E-state index in [0.29, 0.717) is 22.2 Å². The van der Waals surface area contributed by atoms with E-state index in [9.17, 15) is 0 Å². The van der Waals surface area contributed by atoms with E-state index in [4.69, 9.17) is 45.3 Å². The van der Waals surface area contributed by atoms with Gasteiger partial charge in [-0.15, -0.1) is 132 Å². The van der Waals surface area contributed by atoms with Gasteiger partial charge in [0.05, 0.1) is 0 Å². The van der Waals surface area contributed by atoms with Crippen molar-refractivity contribution in [1.29, 1.82) is 0 Å². The summed E-state index contributed by atoms with van der Waals surface area (Å²) in [5, 5.41) is 2.28. The molecule has 26 heteroatoms. The summed E-state index contributed by atoms with van der Waals surface area (Å²) < 4.78 is 75.7. The largest absolute Gasteiger partial charge is 0.430 e. The summed E-state index contributed by atoms with van der Waals surface area (Å²) in [6, 6.07) is 20.7. The lowest BCUT2D eigenvalue weighted by Gasteiger charge is -2.47. The number of benzene rings is 2. The SMILES string of the molecule is C=C[Si](C)(C=C)O[Si](C)(C)O[Si](C)(O[Si](C)(C=C)C=C)C1CCCCC1.C=C[Si](C=C)(C=C)O[Si](C)(C)O[Si](C)(O[Si](C=C)(C=C)C=C)C1CCCCC1.C=C[Si](C=C)(C=C)O[Si](C)(O[Si](C=C)(C=C)C=C)C1CCCCC1.C=C[Si](C=C)(O[Si](C)(C)O[Si](C)(O[Si](C=C)(C=C)c1ccccc1)C1CCCCC1)c1ccccc1. The van der Waals surface area contributed by atoms with Crippen molar-refractivity contribution in [3.8, 4) is 0 Å². The minimum Gasteiger partial charge on any atom is -0.430 e. The molecule has 6 rings (SSSR count). The van der Waals surface area contributed by atoms with E-state index in [1.807, 2.05) is 138 Å². The molecule has 0 saturated heterocycles. The highest BCUT2D eigenvalue weighted by Crippen LogP contribution is 2.47. The van der Waals surface area contributed by atoms with Gasteiger partial charge >= 0.3 is 59.9 Å². The van der Waals surface area contributed by atoms with Crippen LogP contribution in [0.2, 0.25) is 101 Å². The molecule has 4 aliphatic rings. The summed E-state index contributed by atoms with van der Waals surface area (Å²) in [7, 11) is -37.5. The van der Waals surface area contributed by atoms with E-state index >= 15 is 0 Å². The van der Waals surface area contributed by atoms with E-state index in [1.165, 1.54) is 89.9 Å². The maximum absolute atomic E-state index is 7.31. The minimum absolute atomic E-state index is 0.400. The van der Waals surface area contributed by atoms with Crippen LogP contribution < -0.4 is 10.4 Å². The second kappa shape index (κ2) is 46.7. The molecule has 0 aromatic heterocycles. The zero-order chi connectivity index (χ0) is 86.1. The Kier molecular flexibility index (Phi) is 42.7. The standard InChI is InChI=1S/C29H42O3Si4.C21H38O3Si4.C19H38O3Si4.C19H32O2Si3/c1-8-35(9-2,28-23-17-13-18-24-28)31-33(5,6)30-34(7,27-21-15-12-16-22-27)32-36(10-3,11-4)29-25-19-14-20-26-29;1-10-27(11-2,12-3)23-25(7,8)22-26(9,21-19-17-16-18-20-21)24-28(13-4,14-5)15-6;1-10-24(7,11-2)20-23(5,6)21-26(9,19-17-15-14-16-18-19)22-25(8,12-3)13-4;1-8-23(9-2,10-3)20-22(7,19-17-15-14-16-18-19)21-24(11-4,12-5)13-6/h8-11,13-14,17-20,23-27H,1-4,12,15-16,21-22H2,5-7H3;10-15,21H,1-6,16-20H2,7-9H3;10-13,19H,1-4,14-18H2,5-9H3;8-13,19H,1-6,14-18H2,7H3. The first kappa shape index (κ1) is 104. The van der Waals surface area contributed by atoms with Crippen molar-refractivity contribution < 1.29 is 45.3 Å². The van der Waals surface area contributed by atoms with Crippen LogP contribution in [0, 0.1) is 0 Å². The average molecular weight is 1810 g/mol. The molecule has 114 heavy (non-hydrogen) atoms. The molecular formula is C88H150O11Si15. The van der Waals surface area contributed by atoms with Crippen LogP contribution in [-0.4, -0.2) is 126 Å². The monoisotopic (exact) mass is 1800 g/mol. The molecule has 11 nitrogen and oxygen atoms in total. The third-order valence-corrected chi connectivity index (χ3v) is 83.8. The van der Waals surface area contributed by atoms with Gasteiger partial charge in [-0.25, -0.2) is 0 Å². The highest BCUT2D eigenvalue weighted by atomic mass is 28.5. The van der Waals surface area contributed by atoms with Crippen LogP contribution in [0.3, 0.4) is 0 Å². The summed E-state index contributed by atoms with van der Waals surface area (Å²) in [5.41, 5.74) is 39.9. The quantitative estimate of drug-likeness (QED) is 0.0592. The zero-order valence-electron chi connectivity index (χ0n) is 72.9. The Labute approximate surface area is 711 Å². The minimum atomic E-state index is -2.76. The second-order valence-electron chi connectivity index (χ2n) is 32.9. The van der Waals surface area contributed by atoms with Gasteiger partial charge in [0.25, 0.3) is 49.9 Å². The molecule has 0 radical (unpaired) electrons. The molecule has 3 atom stereocenters. The summed E-state index contributed by atoms with van der Waals surface area (Å²) in [6.07, 6.45) is 24.2. The first-order chi connectivity index (χ1) is 53.6. The van der Waals surface area contributed by atoms with Crippen LogP contribution in [0.15, 0.2) is 306 Å². The van der Waals surface area contributed by atoms with Crippen LogP contribution in [0.4, 0.5) is 0 Å². The van der Waals surface area contributed by atoms with Crippen LogP contribution in [0.25, 0.3) is 0 Å². The number of hydrogen-bond acceptors (Lipinski definition) is 11. The molecule has 2 aromatic carbocycles. The zero-order valence-corrected chi connectivity index (χ0v) is 87.9. The highest BCUT2D eigenvalue weighted by Gasteiger charge is 2.56. The Balaban J connectivity index is 0.000000399. The molecule has 0 N–H and O–H groups in total. The Morgan fingerprint density at radius 3 is 0.658 bits per heavy atom. The third kappa shape index (κ3) is 29.2. The van der Waals surface area contributed by atoms with E-state index < -0.39 is 126 Å². The number of rotatable bonds is 48. The molecular weight excluding hydrogens is 1650 g/mol. The highest BCUT2D eigenvalue weighted by molar-refractivity contribution is 7.04. The van der Waals surface area contributed by atoms with Crippen molar-refractivity contribution in [3.63, 3.8) is 0 Å². The average Bonchev–Trinajstić information content (AvgIpc) is 0.778. The van der Waals surface area contributed by atoms with Crippen LogP contribution in [-0.2, 0) is 45.3 Å².